The molecule has 2 saturated carbocycles. The molecule has 2 atom stereocenters. The van der Waals surface area contributed by atoms with Gasteiger partial charge in [-0.2, -0.15) is 0 Å². The van der Waals surface area contributed by atoms with Crippen LogP contribution in [0, 0.1) is 17.3 Å². The van der Waals surface area contributed by atoms with E-state index in [9.17, 15) is 4.79 Å². The van der Waals surface area contributed by atoms with Crippen molar-refractivity contribution in [2.24, 2.45) is 23.0 Å². The second kappa shape index (κ2) is 6.68. The number of hydrogen-bond donors (Lipinski definition) is 1. The van der Waals surface area contributed by atoms with Crippen molar-refractivity contribution in [3.05, 3.63) is 0 Å². The largest absolute Gasteiger partial charge is 0.342 e. The van der Waals surface area contributed by atoms with Gasteiger partial charge in [0, 0.05) is 19.0 Å². The van der Waals surface area contributed by atoms with Gasteiger partial charge in [-0.3, -0.25) is 4.79 Å². The van der Waals surface area contributed by atoms with Crippen molar-refractivity contribution in [1.29, 1.82) is 0 Å². The predicted molar refractivity (Wildman–Crippen MR) is 85.8 cm³/mol. The monoisotopic (exact) mass is 292 g/mol. The smallest absolute Gasteiger partial charge is 0.226 e. The molecule has 0 aromatic rings. The zero-order chi connectivity index (χ0) is 14.7. The summed E-state index contributed by atoms with van der Waals surface area (Å²) in [5, 5.41) is 0. The topological polar surface area (TPSA) is 46.3 Å². The summed E-state index contributed by atoms with van der Waals surface area (Å²) in [6.45, 7) is 2.70. The highest BCUT2D eigenvalue weighted by Crippen LogP contribution is 2.45. The molecule has 0 aromatic carbocycles. The maximum absolute atomic E-state index is 12.9. The molecule has 1 amide bonds. The van der Waals surface area contributed by atoms with Gasteiger partial charge in [0.2, 0.25) is 5.91 Å². The van der Waals surface area contributed by atoms with Gasteiger partial charge in [0.15, 0.2) is 0 Å². The molecule has 2 aliphatic carbocycles. The fourth-order valence-corrected chi connectivity index (χ4v) is 5.05. The van der Waals surface area contributed by atoms with Crippen molar-refractivity contribution < 1.29 is 4.79 Å². The zero-order valence-electron chi connectivity index (χ0n) is 13.5. The average molecular weight is 292 g/mol. The van der Waals surface area contributed by atoms with E-state index < -0.39 is 0 Å². The van der Waals surface area contributed by atoms with Gasteiger partial charge in [0.1, 0.15) is 0 Å². The number of hydrogen-bond acceptors (Lipinski definition) is 2. The molecule has 3 fully saturated rings. The van der Waals surface area contributed by atoms with Crippen LogP contribution in [0.1, 0.15) is 70.6 Å². The van der Waals surface area contributed by atoms with E-state index >= 15 is 0 Å². The first kappa shape index (κ1) is 15.3. The quantitative estimate of drug-likeness (QED) is 0.848. The lowest BCUT2D eigenvalue weighted by Crippen LogP contribution is -2.48. The summed E-state index contributed by atoms with van der Waals surface area (Å²) >= 11 is 0. The van der Waals surface area contributed by atoms with Crippen molar-refractivity contribution in [2.75, 3.05) is 19.6 Å². The van der Waals surface area contributed by atoms with Crippen LogP contribution < -0.4 is 5.73 Å². The van der Waals surface area contributed by atoms with E-state index in [0.29, 0.717) is 23.8 Å². The summed E-state index contributed by atoms with van der Waals surface area (Å²) in [4.78, 5) is 15.0. The Kier molecular flexibility index (Phi) is 4.88. The highest BCUT2D eigenvalue weighted by Gasteiger charge is 2.39. The predicted octanol–water partition coefficient (Wildman–Crippen LogP) is 3.32. The molecule has 1 saturated heterocycles. The van der Waals surface area contributed by atoms with Gasteiger partial charge in [-0.1, -0.05) is 32.1 Å². The second-order valence-corrected chi connectivity index (χ2v) is 7.77. The lowest BCUT2D eigenvalue weighted by atomic mass is 9.68. The molecule has 21 heavy (non-hydrogen) atoms. The number of amides is 1. The molecule has 3 heteroatoms. The maximum atomic E-state index is 12.9. The van der Waals surface area contributed by atoms with Crippen LogP contribution in [0.4, 0.5) is 0 Å². The Bertz CT molecular complexity index is 352. The standard InChI is InChI=1S/C18H32N2O/c19-14-15-6-2-3-7-16(15)17(21)20-12-10-18(11-13-20)8-4-1-5-9-18/h15-16H,1-14,19H2. The van der Waals surface area contributed by atoms with Crippen molar-refractivity contribution in [3.8, 4) is 0 Å². The lowest BCUT2D eigenvalue weighted by molar-refractivity contribution is -0.141. The van der Waals surface area contributed by atoms with E-state index in [-0.39, 0.29) is 5.92 Å². The maximum Gasteiger partial charge on any atom is 0.226 e. The number of piperidine rings is 1. The molecule has 3 aliphatic rings. The Morgan fingerprint density at radius 1 is 0.952 bits per heavy atom. The number of carbonyl (C=O) groups is 1. The molecule has 0 bridgehead atoms. The minimum Gasteiger partial charge on any atom is -0.342 e. The number of likely N-dealkylation sites (tertiary alicyclic amines) is 1. The van der Waals surface area contributed by atoms with E-state index in [1.54, 1.807) is 0 Å². The molecular weight excluding hydrogens is 260 g/mol. The number of carbonyl (C=O) groups excluding carboxylic acids is 1. The summed E-state index contributed by atoms with van der Waals surface area (Å²) < 4.78 is 0. The van der Waals surface area contributed by atoms with Crippen LogP contribution in [-0.4, -0.2) is 30.4 Å². The third-order valence-corrected chi connectivity index (χ3v) is 6.58. The molecule has 3 rings (SSSR count). The van der Waals surface area contributed by atoms with Gasteiger partial charge in [-0.25, -0.2) is 0 Å². The molecule has 120 valence electrons. The third-order valence-electron chi connectivity index (χ3n) is 6.58. The van der Waals surface area contributed by atoms with Crippen LogP contribution in [-0.2, 0) is 4.79 Å². The third kappa shape index (κ3) is 3.28. The van der Waals surface area contributed by atoms with Crippen molar-refractivity contribution in [1.82, 2.24) is 4.90 Å². The minimum absolute atomic E-state index is 0.226. The summed E-state index contributed by atoms with van der Waals surface area (Å²) in [6, 6.07) is 0. The Balaban J connectivity index is 1.57. The fraction of sp³-hybridized carbons (Fsp3) is 0.944. The van der Waals surface area contributed by atoms with Gasteiger partial charge in [0.25, 0.3) is 0 Å². The Hall–Kier alpha value is -0.570. The summed E-state index contributed by atoms with van der Waals surface area (Å²) in [6.07, 6.45) is 14.3. The summed E-state index contributed by atoms with van der Waals surface area (Å²) in [7, 11) is 0. The van der Waals surface area contributed by atoms with Gasteiger partial charge >= 0.3 is 0 Å². The minimum atomic E-state index is 0.226. The molecule has 1 aliphatic heterocycles. The highest BCUT2D eigenvalue weighted by atomic mass is 16.2. The second-order valence-electron chi connectivity index (χ2n) is 7.77. The number of rotatable bonds is 2. The van der Waals surface area contributed by atoms with Crippen LogP contribution in [0.3, 0.4) is 0 Å². The number of nitrogens with zero attached hydrogens (tertiary/aromatic N) is 1. The zero-order valence-corrected chi connectivity index (χ0v) is 13.5. The Morgan fingerprint density at radius 3 is 2.29 bits per heavy atom. The molecule has 2 N–H and O–H groups in total. The lowest BCUT2D eigenvalue weighted by Gasteiger charge is -2.45. The first-order valence-electron chi connectivity index (χ1n) is 9.23. The molecule has 0 radical (unpaired) electrons. The Morgan fingerprint density at radius 2 is 1.62 bits per heavy atom. The van der Waals surface area contributed by atoms with Crippen molar-refractivity contribution in [3.63, 3.8) is 0 Å². The normalized spacial score (nSPS) is 33.1. The van der Waals surface area contributed by atoms with Gasteiger partial charge in [0.05, 0.1) is 0 Å². The van der Waals surface area contributed by atoms with E-state index in [1.807, 2.05) is 0 Å². The van der Waals surface area contributed by atoms with Crippen LogP contribution in [0.25, 0.3) is 0 Å². The molecule has 2 unspecified atom stereocenters. The van der Waals surface area contributed by atoms with E-state index in [1.165, 1.54) is 57.8 Å². The molecule has 1 spiro atoms. The van der Waals surface area contributed by atoms with Crippen LogP contribution in [0.2, 0.25) is 0 Å². The van der Waals surface area contributed by atoms with Crippen LogP contribution in [0.15, 0.2) is 0 Å². The first-order chi connectivity index (χ1) is 10.2. The van der Waals surface area contributed by atoms with E-state index in [2.05, 4.69) is 4.90 Å². The van der Waals surface area contributed by atoms with Gasteiger partial charge in [-0.05, 0) is 56.4 Å². The van der Waals surface area contributed by atoms with Crippen LogP contribution >= 0.6 is 0 Å². The van der Waals surface area contributed by atoms with E-state index in [4.69, 9.17) is 5.73 Å². The molecule has 1 heterocycles. The molecule has 3 nitrogen and oxygen atoms in total. The first-order valence-corrected chi connectivity index (χ1v) is 9.23. The summed E-state index contributed by atoms with van der Waals surface area (Å²) in [5.74, 6) is 1.09. The van der Waals surface area contributed by atoms with Gasteiger partial charge < -0.3 is 10.6 Å². The SMILES string of the molecule is NCC1CCCCC1C(=O)N1CCC2(CCCCC2)CC1. The van der Waals surface area contributed by atoms with Gasteiger partial charge in [-0.15, -0.1) is 0 Å². The van der Waals surface area contributed by atoms with Crippen molar-refractivity contribution >= 4 is 5.91 Å². The highest BCUT2D eigenvalue weighted by molar-refractivity contribution is 5.79. The fourth-order valence-electron chi connectivity index (χ4n) is 5.05. The summed E-state index contributed by atoms with van der Waals surface area (Å²) in [5.41, 5.74) is 6.49. The molecular formula is C18H32N2O. The Labute approximate surface area is 129 Å². The van der Waals surface area contributed by atoms with E-state index in [0.717, 1.165) is 25.9 Å². The molecule has 0 aromatic heterocycles. The average Bonchev–Trinajstić information content (AvgIpc) is 2.56. The van der Waals surface area contributed by atoms with Crippen LogP contribution in [0.5, 0.6) is 0 Å². The van der Waals surface area contributed by atoms with Crippen molar-refractivity contribution in [2.45, 2.75) is 70.6 Å². The number of nitrogens with two attached hydrogens (primary N) is 1.